The number of hydrogen-bond donors (Lipinski definition) is 7. The third kappa shape index (κ3) is 5.82. The first-order valence-corrected chi connectivity index (χ1v) is 10.4. The summed E-state index contributed by atoms with van der Waals surface area (Å²) in [5.41, 5.74) is 0.615. The molecule has 1 rings (SSSR count). The van der Waals surface area contributed by atoms with Gasteiger partial charge in [0.25, 0.3) is 5.91 Å². The van der Waals surface area contributed by atoms with Crippen molar-refractivity contribution in [2.45, 2.75) is 12.2 Å². The molecule has 0 bridgehead atoms. The molecule has 0 aliphatic carbocycles. The van der Waals surface area contributed by atoms with Gasteiger partial charge >= 0.3 is 0 Å². The van der Waals surface area contributed by atoms with Crippen LogP contribution < -0.4 is 10.6 Å². The number of amides is 2. The van der Waals surface area contributed by atoms with Crippen LogP contribution in [0.15, 0.2) is 0 Å². The summed E-state index contributed by atoms with van der Waals surface area (Å²) in [4.78, 5) is 24.2. The Hall–Kier alpha value is 0.150. The second kappa shape index (κ2) is 11.2. The molecule has 0 radical (unpaired) electrons. The van der Waals surface area contributed by atoms with E-state index in [9.17, 15) is 24.9 Å². The highest BCUT2D eigenvalue weighted by molar-refractivity contribution is 14.1. The number of hydrogen-bond acceptors (Lipinski definition) is 7. The molecule has 2 unspecified atom stereocenters. The van der Waals surface area contributed by atoms with Gasteiger partial charge in [0, 0.05) is 19.2 Å². The number of aliphatic hydroxyl groups is 5. The first-order valence-electron chi connectivity index (χ1n) is 7.16. The summed E-state index contributed by atoms with van der Waals surface area (Å²) in [6.45, 7) is -2.07. The normalized spacial score (nSPS) is 13.2. The minimum Gasteiger partial charge on any atom is -0.394 e. The topological polar surface area (TPSA) is 159 Å². The SMILES string of the molecule is O=C(CO)Nc1c(I)c(C(=O)NCC(O)CO)c(I)c(C(O)CO)c1I. The van der Waals surface area contributed by atoms with Crippen LogP contribution in [0.3, 0.4) is 0 Å². The van der Waals surface area contributed by atoms with Gasteiger partial charge in [-0.2, -0.15) is 0 Å². The van der Waals surface area contributed by atoms with Crippen molar-refractivity contribution in [1.29, 1.82) is 0 Å². The van der Waals surface area contributed by atoms with Crippen molar-refractivity contribution in [1.82, 2.24) is 5.32 Å². The van der Waals surface area contributed by atoms with E-state index in [1.54, 1.807) is 0 Å². The molecule has 0 spiro atoms. The van der Waals surface area contributed by atoms with Crippen LogP contribution in [-0.4, -0.2) is 69.8 Å². The van der Waals surface area contributed by atoms with Gasteiger partial charge in [-0.3, -0.25) is 9.59 Å². The van der Waals surface area contributed by atoms with E-state index in [0.717, 1.165) is 0 Å². The van der Waals surface area contributed by atoms with E-state index in [2.05, 4.69) is 10.6 Å². The van der Waals surface area contributed by atoms with Gasteiger partial charge in [0.2, 0.25) is 5.91 Å². The fourth-order valence-electron chi connectivity index (χ4n) is 1.92. The molecule has 0 aliphatic heterocycles. The molecular weight excluding hydrogens is 689 g/mol. The van der Waals surface area contributed by atoms with Crippen LogP contribution in [0.5, 0.6) is 0 Å². The maximum Gasteiger partial charge on any atom is 0.253 e. The molecule has 0 heterocycles. The van der Waals surface area contributed by atoms with E-state index in [-0.39, 0.29) is 23.4 Å². The van der Waals surface area contributed by atoms with E-state index in [0.29, 0.717) is 10.7 Å². The molecule has 2 amide bonds. The number of nitrogens with one attached hydrogen (secondary N) is 2. The summed E-state index contributed by atoms with van der Waals surface area (Å²) >= 11 is 5.59. The molecule has 26 heavy (non-hydrogen) atoms. The number of carbonyl (C=O) groups excluding carboxylic acids is 2. The molecule has 0 saturated carbocycles. The van der Waals surface area contributed by atoms with Crippen molar-refractivity contribution in [2.75, 3.05) is 31.7 Å². The van der Waals surface area contributed by atoms with Gasteiger partial charge in [-0.05, 0) is 67.8 Å². The lowest BCUT2D eigenvalue weighted by atomic mass is 10.0. The average Bonchev–Trinajstić information content (AvgIpc) is 2.62. The predicted octanol–water partition coefficient (Wildman–Crippen LogP) is -0.460. The molecule has 1 aromatic carbocycles. The van der Waals surface area contributed by atoms with Crippen LogP contribution >= 0.6 is 67.8 Å². The number of benzene rings is 1. The van der Waals surface area contributed by atoms with Crippen LogP contribution in [0.1, 0.15) is 22.0 Å². The largest absolute Gasteiger partial charge is 0.394 e. The van der Waals surface area contributed by atoms with Crippen molar-refractivity contribution in [3.63, 3.8) is 0 Å². The lowest BCUT2D eigenvalue weighted by Gasteiger charge is -2.22. The number of rotatable bonds is 8. The molecule has 2 atom stereocenters. The van der Waals surface area contributed by atoms with Gasteiger partial charge in [-0.15, -0.1) is 0 Å². The fraction of sp³-hybridized carbons (Fsp3) is 0.429. The van der Waals surface area contributed by atoms with E-state index < -0.39 is 43.8 Å². The highest BCUT2D eigenvalue weighted by Crippen LogP contribution is 2.38. The molecular formula is C14H17I3N2O7. The van der Waals surface area contributed by atoms with Crippen LogP contribution in [0, 0.1) is 10.7 Å². The zero-order valence-corrected chi connectivity index (χ0v) is 19.6. The van der Waals surface area contributed by atoms with Gasteiger partial charge in [0.1, 0.15) is 12.7 Å². The highest BCUT2D eigenvalue weighted by atomic mass is 127. The molecule has 9 nitrogen and oxygen atoms in total. The fourth-order valence-corrected chi connectivity index (χ4v) is 6.56. The smallest absolute Gasteiger partial charge is 0.253 e. The van der Waals surface area contributed by atoms with E-state index in [1.807, 2.05) is 67.8 Å². The molecule has 146 valence electrons. The minimum atomic E-state index is -1.29. The van der Waals surface area contributed by atoms with Crippen molar-refractivity contribution in [3.05, 3.63) is 21.8 Å². The lowest BCUT2D eigenvalue weighted by Crippen LogP contribution is -2.35. The molecule has 1 aromatic rings. The van der Waals surface area contributed by atoms with Crippen LogP contribution in [0.25, 0.3) is 0 Å². The Morgan fingerprint density at radius 2 is 1.58 bits per heavy atom. The van der Waals surface area contributed by atoms with Crippen molar-refractivity contribution >= 4 is 85.3 Å². The highest BCUT2D eigenvalue weighted by Gasteiger charge is 2.28. The third-order valence-electron chi connectivity index (χ3n) is 3.20. The summed E-state index contributed by atoms with van der Waals surface area (Å²) in [6.07, 6.45) is -2.42. The summed E-state index contributed by atoms with van der Waals surface area (Å²) in [5, 5.41) is 51.6. The van der Waals surface area contributed by atoms with Crippen molar-refractivity contribution in [3.8, 4) is 0 Å². The Balaban J connectivity index is 3.50. The lowest BCUT2D eigenvalue weighted by molar-refractivity contribution is -0.118. The first kappa shape index (κ1) is 24.2. The Morgan fingerprint density at radius 1 is 0.962 bits per heavy atom. The van der Waals surface area contributed by atoms with Crippen LogP contribution in [0.4, 0.5) is 5.69 Å². The molecule has 12 heteroatoms. The molecule has 7 N–H and O–H groups in total. The predicted molar refractivity (Wildman–Crippen MR) is 118 cm³/mol. The quantitative estimate of drug-likeness (QED) is 0.181. The number of halogens is 3. The minimum absolute atomic E-state index is 0.132. The maximum absolute atomic E-state index is 12.6. The van der Waals surface area contributed by atoms with Crippen molar-refractivity contribution in [2.24, 2.45) is 0 Å². The molecule has 0 saturated heterocycles. The van der Waals surface area contributed by atoms with Gasteiger partial charge in [-0.1, -0.05) is 0 Å². The zero-order chi connectivity index (χ0) is 20.0. The zero-order valence-electron chi connectivity index (χ0n) is 13.2. The van der Waals surface area contributed by atoms with Gasteiger partial charge < -0.3 is 36.2 Å². The summed E-state index contributed by atoms with van der Waals surface area (Å²) in [5.74, 6) is -1.29. The molecule has 0 aliphatic rings. The monoisotopic (exact) mass is 706 g/mol. The van der Waals surface area contributed by atoms with Gasteiger partial charge in [0.05, 0.1) is 34.1 Å². The third-order valence-corrected chi connectivity index (χ3v) is 6.52. The Morgan fingerprint density at radius 3 is 2.08 bits per heavy atom. The summed E-state index contributed by atoms with van der Waals surface area (Å²) < 4.78 is 1.16. The molecule has 0 aromatic heterocycles. The summed E-state index contributed by atoms with van der Waals surface area (Å²) in [7, 11) is 0. The Labute approximate surface area is 190 Å². The number of anilines is 1. The standard InChI is InChI=1S/C14H17I3N2O7/c15-10-8(6(24)3-21)11(16)13(19-7(25)4-22)12(17)9(10)14(26)18-1-5(23)2-20/h5-6,20-24H,1-4H2,(H,18,26)(H,19,25). The van der Waals surface area contributed by atoms with Crippen LogP contribution in [0.2, 0.25) is 0 Å². The van der Waals surface area contributed by atoms with E-state index in [1.165, 1.54) is 0 Å². The van der Waals surface area contributed by atoms with E-state index >= 15 is 0 Å². The Bertz CT molecular complexity index is 687. The van der Waals surface area contributed by atoms with Crippen LogP contribution in [-0.2, 0) is 4.79 Å². The second-order valence-corrected chi connectivity index (χ2v) is 8.29. The second-order valence-electron chi connectivity index (χ2n) is 5.06. The number of aliphatic hydroxyl groups excluding tert-OH is 5. The van der Waals surface area contributed by atoms with E-state index in [4.69, 9.17) is 10.2 Å². The average molecular weight is 706 g/mol. The van der Waals surface area contributed by atoms with Gasteiger partial charge in [-0.25, -0.2) is 0 Å². The first-order chi connectivity index (χ1) is 12.2. The molecule has 0 fully saturated rings. The number of carbonyl (C=O) groups is 2. The Kier molecular flexibility index (Phi) is 10.4. The van der Waals surface area contributed by atoms with Gasteiger partial charge in [0.15, 0.2) is 0 Å². The van der Waals surface area contributed by atoms with Crippen molar-refractivity contribution < 1.29 is 35.1 Å². The maximum atomic E-state index is 12.6. The summed E-state index contributed by atoms with van der Waals surface area (Å²) in [6, 6.07) is 0.